The van der Waals surface area contributed by atoms with E-state index in [0.29, 0.717) is 16.4 Å². The summed E-state index contributed by atoms with van der Waals surface area (Å²) in [6, 6.07) is 3.92. The summed E-state index contributed by atoms with van der Waals surface area (Å²) < 4.78 is 14.0. The van der Waals surface area contributed by atoms with Gasteiger partial charge in [0.25, 0.3) is 0 Å². The van der Waals surface area contributed by atoms with E-state index in [1.165, 1.54) is 19.3 Å². The Kier molecular flexibility index (Phi) is 3.53. The van der Waals surface area contributed by atoms with Crippen molar-refractivity contribution < 1.29 is 4.39 Å². The molecular weight excluding hydrogens is 269 g/mol. The van der Waals surface area contributed by atoms with E-state index in [1.807, 2.05) is 13.0 Å². The second kappa shape index (κ2) is 4.74. The van der Waals surface area contributed by atoms with Gasteiger partial charge in [0.15, 0.2) is 0 Å². The first-order valence-electron chi connectivity index (χ1n) is 5.80. The van der Waals surface area contributed by atoms with Crippen LogP contribution in [0.2, 0.25) is 0 Å². The standard InChI is InChI=1S/C13H17BrFN/c1-8-4-3-5-12(8)16-13-7-11(15)10(14)6-9(13)2/h6-8,12,16H,3-5H2,1-2H3. The van der Waals surface area contributed by atoms with E-state index in [-0.39, 0.29) is 5.82 Å². The molecule has 0 bridgehead atoms. The largest absolute Gasteiger partial charge is 0.382 e. The third-order valence-electron chi connectivity index (χ3n) is 3.47. The fourth-order valence-corrected chi connectivity index (χ4v) is 2.82. The van der Waals surface area contributed by atoms with Gasteiger partial charge < -0.3 is 5.32 Å². The summed E-state index contributed by atoms with van der Waals surface area (Å²) in [7, 11) is 0. The Hall–Kier alpha value is -0.570. The average Bonchev–Trinajstić information content (AvgIpc) is 2.61. The van der Waals surface area contributed by atoms with Gasteiger partial charge in [-0.05, 0) is 59.3 Å². The maximum atomic E-state index is 13.4. The number of halogens is 2. The van der Waals surface area contributed by atoms with Crippen molar-refractivity contribution in [1.29, 1.82) is 0 Å². The summed E-state index contributed by atoms with van der Waals surface area (Å²) in [5.41, 5.74) is 2.02. The van der Waals surface area contributed by atoms with Crippen LogP contribution in [0.25, 0.3) is 0 Å². The molecule has 0 aliphatic heterocycles. The Labute approximate surface area is 105 Å². The Morgan fingerprint density at radius 2 is 2.12 bits per heavy atom. The van der Waals surface area contributed by atoms with Crippen LogP contribution in [0.15, 0.2) is 16.6 Å². The lowest BCUT2D eigenvalue weighted by Crippen LogP contribution is -2.22. The summed E-state index contributed by atoms with van der Waals surface area (Å²) in [6.45, 7) is 4.27. The predicted octanol–water partition coefficient (Wildman–Crippen LogP) is 4.50. The molecule has 0 heterocycles. The van der Waals surface area contributed by atoms with Crippen LogP contribution in [0.3, 0.4) is 0 Å². The van der Waals surface area contributed by atoms with Crippen molar-refractivity contribution in [2.45, 2.75) is 39.2 Å². The monoisotopic (exact) mass is 285 g/mol. The summed E-state index contributed by atoms with van der Waals surface area (Å²) >= 11 is 3.20. The van der Waals surface area contributed by atoms with Crippen LogP contribution < -0.4 is 5.32 Å². The number of benzene rings is 1. The molecule has 1 aromatic carbocycles. The molecule has 1 N–H and O–H groups in total. The Bertz CT molecular complexity index is 392. The maximum Gasteiger partial charge on any atom is 0.139 e. The van der Waals surface area contributed by atoms with Gasteiger partial charge in [-0.1, -0.05) is 13.3 Å². The Morgan fingerprint density at radius 3 is 2.75 bits per heavy atom. The van der Waals surface area contributed by atoms with Crippen molar-refractivity contribution in [3.05, 3.63) is 28.0 Å². The van der Waals surface area contributed by atoms with E-state index in [9.17, 15) is 4.39 Å². The molecule has 16 heavy (non-hydrogen) atoms. The van der Waals surface area contributed by atoms with Gasteiger partial charge in [0.05, 0.1) is 4.47 Å². The van der Waals surface area contributed by atoms with Crippen molar-refractivity contribution in [3.8, 4) is 0 Å². The first-order valence-corrected chi connectivity index (χ1v) is 6.59. The van der Waals surface area contributed by atoms with E-state index in [2.05, 4.69) is 28.2 Å². The number of hydrogen-bond donors (Lipinski definition) is 1. The molecule has 1 fully saturated rings. The molecule has 0 amide bonds. The highest BCUT2D eigenvalue weighted by Crippen LogP contribution is 2.30. The van der Waals surface area contributed by atoms with Gasteiger partial charge in [-0.3, -0.25) is 0 Å². The third kappa shape index (κ3) is 2.40. The lowest BCUT2D eigenvalue weighted by molar-refractivity contribution is 0.555. The Morgan fingerprint density at radius 1 is 1.38 bits per heavy atom. The molecule has 1 nitrogen and oxygen atoms in total. The lowest BCUT2D eigenvalue weighted by Gasteiger charge is -2.20. The molecule has 2 atom stereocenters. The van der Waals surface area contributed by atoms with E-state index in [1.54, 1.807) is 6.07 Å². The van der Waals surface area contributed by atoms with Gasteiger partial charge in [-0.25, -0.2) is 4.39 Å². The molecule has 88 valence electrons. The summed E-state index contributed by atoms with van der Waals surface area (Å²) in [5, 5.41) is 3.47. The van der Waals surface area contributed by atoms with Crippen LogP contribution in [-0.4, -0.2) is 6.04 Å². The van der Waals surface area contributed by atoms with E-state index < -0.39 is 0 Å². The van der Waals surface area contributed by atoms with Crippen LogP contribution in [0.4, 0.5) is 10.1 Å². The van der Waals surface area contributed by atoms with Gasteiger partial charge >= 0.3 is 0 Å². The molecular formula is C13H17BrFN. The topological polar surface area (TPSA) is 12.0 Å². The molecule has 1 aliphatic rings. The highest BCUT2D eigenvalue weighted by atomic mass is 79.9. The molecule has 0 saturated heterocycles. The predicted molar refractivity (Wildman–Crippen MR) is 69.3 cm³/mol. The quantitative estimate of drug-likeness (QED) is 0.844. The zero-order chi connectivity index (χ0) is 11.7. The molecule has 1 saturated carbocycles. The van der Waals surface area contributed by atoms with Crippen LogP contribution in [0, 0.1) is 18.7 Å². The number of hydrogen-bond acceptors (Lipinski definition) is 1. The summed E-state index contributed by atoms with van der Waals surface area (Å²) in [5.74, 6) is 0.491. The van der Waals surface area contributed by atoms with Crippen molar-refractivity contribution in [1.82, 2.24) is 0 Å². The first kappa shape index (κ1) is 11.9. The third-order valence-corrected chi connectivity index (χ3v) is 4.08. The van der Waals surface area contributed by atoms with Crippen molar-refractivity contribution >= 4 is 21.6 Å². The zero-order valence-corrected chi connectivity index (χ0v) is 11.3. The van der Waals surface area contributed by atoms with E-state index >= 15 is 0 Å². The van der Waals surface area contributed by atoms with Gasteiger partial charge in [-0.15, -0.1) is 0 Å². The van der Waals surface area contributed by atoms with Gasteiger partial charge in [0, 0.05) is 11.7 Å². The highest BCUT2D eigenvalue weighted by Gasteiger charge is 2.23. The average molecular weight is 286 g/mol. The molecule has 1 aromatic rings. The molecule has 1 aliphatic carbocycles. The van der Waals surface area contributed by atoms with Crippen LogP contribution >= 0.6 is 15.9 Å². The van der Waals surface area contributed by atoms with Crippen molar-refractivity contribution in [2.24, 2.45) is 5.92 Å². The molecule has 2 rings (SSSR count). The molecule has 0 spiro atoms. The smallest absolute Gasteiger partial charge is 0.139 e. The van der Waals surface area contributed by atoms with Gasteiger partial charge in [-0.2, -0.15) is 0 Å². The zero-order valence-electron chi connectivity index (χ0n) is 9.69. The van der Waals surface area contributed by atoms with Crippen LogP contribution in [-0.2, 0) is 0 Å². The highest BCUT2D eigenvalue weighted by molar-refractivity contribution is 9.10. The number of aryl methyl sites for hydroxylation is 1. The summed E-state index contributed by atoms with van der Waals surface area (Å²) in [6.07, 6.45) is 3.74. The first-order chi connectivity index (χ1) is 7.58. The van der Waals surface area contributed by atoms with Gasteiger partial charge in [0.2, 0.25) is 0 Å². The van der Waals surface area contributed by atoms with Crippen LogP contribution in [0.5, 0.6) is 0 Å². The fraction of sp³-hybridized carbons (Fsp3) is 0.538. The normalized spacial score (nSPS) is 24.8. The SMILES string of the molecule is Cc1cc(Br)c(F)cc1NC1CCCC1C. The second-order valence-corrected chi connectivity index (χ2v) is 5.59. The maximum absolute atomic E-state index is 13.4. The minimum absolute atomic E-state index is 0.196. The summed E-state index contributed by atoms with van der Waals surface area (Å²) in [4.78, 5) is 0. The van der Waals surface area contributed by atoms with Crippen LogP contribution in [0.1, 0.15) is 31.7 Å². The molecule has 0 aromatic heterocycles. The second-order valence-electron chi connectivity index (χ2n) is 4.74. The molecule has 3 heteroatoms. The molecule has 2 unspecified atom stereocenters. The van der Waals surface area contributed by atoms with E-state index in [4.69, 9.17) is 0 Å². The fourth-order valence-electron chi connectivity index (χ4n) is 2.36. The number of rotatable bonds is 2. The van der Waals surface area contributed by atoms with Crippen molar-refractivity contribution in [3.63, 3.8) is 0 Å². The van der Waals surface area contributed by atoms with Gasteiger partial charge in [0.1, 0.15) is 5.82 Å². The van der Waals surface area contributed by atoms with E-state index in [0.717, 1.165) is 11.3 Å². The minimum Gasteiger partial charge on any atom is -0.382 e. The van der Waals surface area contributed by atoms with Crippen molar-refractivity contribution in [2.75, 3.05) is 5.32 Å². The number of nitrogens with one attached hydrogen (secondary N) is 1. The Balaban J connectivity index is 2.18. The lowest BCUT2D eigenvalue weighted by atomic mass is 10.1. The molecule has 0 radical (unpaired) electrons. The number of anilines is 1. The minimum atomic E-state index is -0.196.